The molecule has 0 bridgehead atoms. The lowest BCUT2D eigenvalue weighted by Crippen LogP contribution is -2.32. The van der Waals surface area contributed by atoms with Crippen LogP contribution in [-0.4, -0.2) is 52.9 Å². The maximum Gasteiger partial charge on any atom is 0.137 e. The van der Waals surface area contributed by atoms with Gasteiger partial charge in [-0.1, -0.05) is 12.2 Å². The van der Waals surface area contributed by atoms with Crippen LogP contribution in [0, 0.1) is 11.6 Å². The van der Waals surface area contributed by atoms with Gasteiger partial charge in [0.15, 0.2) is 0 Å². The second kappa shape index (κ2) is 7.63. The zero-order valence-corrected chi connectivity index (χ0v) is 13.5. The van der Waals surface area contributed by atoms with Crippen LogP contribution in [0.4, 0.5) is 8.78 Å². The Hall–Kier alpha value is -2.12. The number of nitrogens with one attached hydrogen (secondary N) is 1. The van der Waals surface area contributed by atoms with Crippen LogP contribution in [0.15, 0.2) is 30.6 Å². The van der Waals surface area contributed by atoms with Crippen molar-refractivity contribution in [3.63, 3.8) is 0 Å². The number of aromatic nitrogens is 3. The van der Waals surface area contributed by atoms with E-state index in [1.165, 1.54) is 18.5 Å². The number of rotatable bonds is 6. The standard InChI is InChI=1S/C17H20F2N4O/c1-23(7-2-3-12-4-5-13(18)9-15(12)19)10-16-14(6-8-24-16)17-20-11-21-22-17/h2-5,9,11,14,16H,6-8,10H2,1H3,(H,20,21,22)/t14-,16-/m1/s1. The predicted molar refractivity (Wildman–Crippen MR) is 86.4 cm³/mol. The number of nitrogens with zero attached hydrogens (tertiary/aromatic N) is 3. The molecule has 0 saturated carbocycles. The van der Waals surface area contributed by atoms with Crippen LogP contribution in [0.2, 0.25) is 0 Å². The average molecular weight is 334 g/mol. The van der Waals surface area contributed by atoms with Crippen molar-refractivity contribution in [2.24, 2.45) is 0 Å². The first-order valence-corrected chi connectivity index (χ1v) is 7.90. The fourth-order valence-corrected chi connectivity index (χ4v) is 2.91. The maximum atomic E-state index is 13.6. The molecule has 0 aliphatic carbocycles. The van der Waals surface area contributed by atoms with E-state index >= 15 is 0 Å². The van der Waals surface area contributed by atoms with Gasteiger partial charge < -0.3 is 9.64 Å². The van der Waals surface area contributed by atoms with E-state index in [-0.39, 0.29) is 12.0 Å². The molecule has 5 nitrogen and oxygen atoms in total. The summed E-state index contributed by atoms with van der Waals surface area (Å²) in [5.74, 6) is -0.0553. The van der Waals surface area contributed by atoms with Crippen molar-refractivity contribution >= 4 is 6.08 Å². The molecule has 2 aromatic rings. The molecule has 1 saturated heterocycles. The summed E-state index contributed by atoms with van der Waals surface area (Å²) in [6.07, 6.45) is 6.00. The van der Waals surface area contributed by atoms with Gasteiger partial charge in [0.2, 0.25) is 0 Å². The Bertz CT molecular complexity index is 690. The summed E-state index contributed by atoms with van der Waals surface area (Å²) >= 11 is 0. The molecule has 0 spiro atoms. The number of likely N-dealkylation sites (N-methyl/N-ethyl adjacent to an activating group) is 1. The minimum absolute atomic E-state index is 0.0545. The first-order chi connectivity index (χ1) is 11.6. The second-order valence-electron chi connectivity index (χ2n) is 5.96. The topological polar surface area (TPSA) is 54.0 Å². The zero-order valence-electron chi connectivity index (χ0n) is 13.5. The summed E-state index contributed by atoms with van der Waals surface area (Å²) in [6, 6.07) is 3.57. The molecule has 1 N–H and O–H groups in total. The molecule has 128 valence electrons. The highest BCUT2D eigenvalue weighted by molar-refractivity contribution is 5.49. The molecule has 0 unspecified atom stereocenters. The van der Waals surface area contributed by atoms with Gasteiger partial charge in [0, 0.05) is 37.2 Å². The van der Waals surface area contributed by atoms with Crippen LogP contribution in [0.1, 0.15) is 23.7 Å². The Labute approximate surface area is 139 Å². The molecule has 3 rings (SSSR count). The van der Waals surface area contributed by atoms with Gasteiger partial charge in [0.1, 0.15) is 23.8 Å². The molecular formula is C17H20F2N4O. The van der Waals surface area contributed by atoms with E-state index < -0.39 is 11.6 Å². The third kappa shape index (κ3) is 4.04. The van der Waals surface area contributed by atoms with Crippen LogP contribution < -0.4 is 0 Å². The third-order valence-corrected chi connectivity index (χ3v) is 4.16. The van der Waals surface area contributed by atoms with Crippen molar-refractivity contribution in [3.05, 3.63) is 53.6 Å². The number of benzene rings is 1. The van der Waals surface area contributed by atoms with E-state index in [0.29, 0.717) is 18.7 Å². The van der Waals surface area contributed by atoms with Gasteiger partial charge >= 0.3 is 0 Å². The van der Waals surface area contributed by atoms with Gasteiger partial charge in [-0.25, -0.2) is 13.8 Å². The number of H-pyrrole nitrogens is 1. The van der Waals surface area contributed by atoms with Crippen LogP contribution in [0.5, 0.6) is 0 Å². The fraction of sp³-hybridized carbons (Fsp3) is 0.412. The predicted octanol–water partition coefficient (Wildman–Crippen LogP) is 2.60. The van der Waals surface area contributed by atoms with Gasteiger partial charge in [0.25, 0.3) is 0 Å². The summed E-state index contributed by atoms with van der Waals surface area (Å²) in [7, 11) is 1.98. The molecule has 1 aliphatic heterocycles. The van der Waals surface area contributed by atoms with Crippen molar-refractivity contribution in [1.82, 2.24) is 20.1 Å². The Kier molecular flexibility index (Phi) is 5.32. The summed E-state index contributed by atoms with van der Waals surface area (Å²) in [6.45, 7) is 2.09. The van der Waals surface area contributed by atoms with Crippen LogP contribution in [0.3, 0.4) is 0 Å². The highest BCUT2D eigenvalue weighted by atomic mass is 19.1. The maximum absolute atomic E-state index is 13.6. The highest BCUT2D eigenvalue weighted by Gasteiger charge is 2.32. The summed E-state index contributed by atoms with van der Waals surface area (Å²) in [5.41, 5.74) is 0.376. The SMILES string of the molecule is CN(CC=Cc1ccc(F)cc1F)C[C@H]1OCC[C@H]1c1ncn[nH]1. The quantitative estimate of drug-likeness (QED) is 0.882. The molecule has 24 heavy (non-hydrogen) atoms. The fourth-order valence-electron chi connectivity index (χ4n) is 2.91. The Morgan fingerprint density at radius 3 is 3.04 bits per heavy atom. The number of aromatic amines is 1. The second-order valence-corrected chi connectivity index (χ2v) is 5.96. The Balaban J connectivity index is 1.53. The lowest BCUT2D eigenvalue weighted by atomic mass is 10.0. The van der Waals surface area contributed by atoms with E-state index in [1.54, 1.807) is 6.08 Å². The third-order valence-electron chi connectivity index (χ3n) is 4.16. The van der Waals surface area contributed by atoms with Gasteiger partial charge in [-0.15, -0.1) is 0 Å². The van der Waals surface area contributed by atoms with E-state index in [4.69, 9.17) is 4.74 Å². The number of halogens is 2. The van der Waals surface area contributed by atoms with E-state index in [9.17, 15) is 8.78 Å². The molecule has 7 heteroatoms. The van der Waals surface area contributed by atoms with Crippen LogP contribution in [-0.2, 0) is 4.74 Å². The van der Waals surface area contributed by atoms with Crippen LogP contribution in [0.25, 0.3) is 6.08 Å². The van der Waals surface area contributed by atoms with Gasteiger partial charge in [-0.05, 0) is 25.6 Å². The lowest BCUT2D eigenvalue weighted by molar-refractivity contribution is 0.0760. The molecule has 2 heterocycles. The van der Waals surface area contributed by atoms with Crippen molar-refractivity contribution in [3.8, 4) is 0 Å². The number of hydrogen-bond acceptors (Lipinski definition) is 4. The zero-order chi connectivity index (χ0) is 16.9. The van der Waals surface area contributed by atoms with E-state index in [0.717, 1.165) is 24.9 Å². The first-order valence-electron chi connectivity index (χ1n) is 7.90. The molecule has 1 aromatic carbocycles. The molecule has 1 fully saturated rings. The van der Waals surface area contributed by atoms with Gasteiger partial charge in [0.05, 0.1) is 6.10 Å². The van der Waals surface area contributed by atoms with Crippen molar-refractivity contribution < 1.29 is 13.5 Å². The molecule has 2 atom stereocenters. The molecule has 1 aliphatic rings. The monoisotopic (exact) mass is 334 g/mol. The first kappa shape index (κ1) is 16.7. The van der Waals surface area contributed by atoms with Crippen molar-refractivity contribution in [2.45, 2.75) is 18.4 Å². The minimum atomic E-state index is -0.571. The average Bonchev–Trinajstić information content (AvgIpc) is 3.20. The van der Waals surface area contributed by atoms with Gasteiger partial charge in [-0.2, -0.15) is 5.10 Å². The Morgan fingerprint density at radius 2 is 2.29 bits per heavy atom. The molecule has 0 radical (unpaired) electrons. The highest BCUT2D eigenvalue weighted by Crippen LogP contribution is 2.29. The normalized spacial score (nSPS) is 21.2. The minimum Gasteiger partial charge on any atom is -0.376 e. The smallest absolute Gasteiger partial charge is 0.137 e. The van der Waals surface area contributed by atoms with Crippen LogP contribution >= 0.6 is 0 Å². The largest absolute Gasteiger partial charge is 0.376 e. The summed E-state index contributed by atoms with van der Waals surface area (Å²) < 4.78 is 32.3. The summed E-state index contributed by atoms with van der Waals surface area (Å²) in [5, 5.41) is 6.81. The summed E-state index contributed by atoms with van der Waals surface area (Å²) in [4.78, 5) is 6.32. The lowest BCUT2D eigenvalue weighted by Gasteiger charge is -2.22. The Morgan fingerprint density at radius 1 is 1.42 bits per heavy atom. The van der Waals surface area contributed by atoms with Crippen molar-refractivity contribution in [2.75, 3.05) is 26.7 Å². The van der Waals surface area contributed by atoms with E-state index in [1.807, 2.05) is 13.1 Å². The molecular weight excluding hydrogens is 314 g/mol. The molecule has 0 amide bonds. The number of ether oxygens (including phenoxy) is 1. The molecule has 1 aromatic heterocycles. The van der Waals surface area contributed by atoms with E-state index in [2.05, 4.69) is 20.1 Å². The van der Waals surface area contributed by atoms with Crippen molar-refractivity contribution in [1.29, 1.82) is 0 Å². The number of hydrogen-bond donors (Lipinski definition) is 1. The van der Waals surface area contributed by atoms with Gasteiger partial charge in [-0.3, -0.25) is 5.10 Å².